The van der Waals surface area contributed by atoms with Crippen LogP contribution < -0.4 is 4.74 Å². The summed E-state index contributed by atoms with van der Waals surface area (Å²) in [4.78, 5) is 11.4. The van der Waals surface area contributed by atoms with Gasteiger partial charge in [-0.15, -0.1) is 0 Å². The van der Waals surface area contributed by atoms with Crippen LogP contribution in [0.4, 0.5) is 0 Å². The largest absolute Gasteiger partial charge is 0.489 e. The quantitative estimate of drug-likeness (QED) is 0.526. The van der Waals surface area contributed by atoms with Crippen molar-refractivity contribution in [2.24, 2.45) is 0 Å². The maximum Gasteiger partial charge on any atom is 0.307 e. The second-order valence-corrected chi connectivity index (χ2v) is 7.62. The smallest absolute Gasteiger partial charge is 0.307 e. The van der Waals surface area contributed by atoms with Gasteiger partial charge in [0.25, 0.3) is 0 Å². The minimum Gasteiger partial charge on any atom is -0.489 e. The fourth-order valence-electron chi connectivity index (χ4n) is 3.83. The highest BCUT2D eigenvalue weighted by Gasteiger charge is 2.25. The van der Waals surface area contributed by atoms with Crippen molar-refractivity contribution >= 4 is 23.2 Å². The number of carbonyl (C=O) groups is 1. The first-order valence-electron chi connectivity index (χ1n) is 10.0. The van der Waals surface area contributed by atoms with Crippen molar-refractivity contribution in [1.29, 1.82) is 0 Å². The molecular formula is C27H24O3. The molecule has 150 valence electrons. The van der Waals surface area contributed by atoms with E-state index in [-0.39, 0.29) is 6.42 Å². The number of hydrogen-bond donors (Lipinski definition) is 1. The van der Waals surface area contributed by atoms with Crippen LogP contribution in [0.3, 0.4) is 0 Å². The molecule has 0 atom stereocenters. The summed E-state index contributed by atoms with van der Waals surface area (Å²) in [6.07, 6.45) is 2.18. The second-order valence-electron chi connectivity index (χ2n) is 7.62. The van der Waals surface area contributed by atoms with E-state index < -0.39 is 5.97 Å². The van der Waals surface area contributed by atoms with Gasteiger partial charge in [-0.25, -0.2) is 0 Å². The van der Waals surface area contributed by atoms with Crippen LogP contribution in [0, 0.1) is 6.92 Å². The number of rotatable bonds is 6. The molecule has 30 heavy (non-hydrogen) atoms. The van der Waals surface area contributed by atoms with E-state index in [1.165, 1.54) is 0 Å². The summed E-state index contributed by atoms with van der Waals surface area (Å²) in [7, 11) is 0. The lowest BCUT2D eigenvalue weighted by Crippen LogP contribution is -1.97. The van der Waals surface area contributed by atoms with Crippen LogP contribution in [0.15, 0.2) is 78.4 Å². The lowest BCUT2D eigenvalue weighted by molar-refractivity contribution is -0.135. The fraction of sp³-hybridized carbons (Fsp3) is 0.148. The summed E-state index contributed by atoms with van der Waals surface area (Å²) in [5.74, 6) is 0.0501. The summed E-state index contributed by atoms with van der Waals surface area (Å²) in [5.41, 5.74) is 8.48. The van der Waals surface area contributed by atoms with E-state index in [2.05, 4.69) is 48.5 Å². The number of carboxylic acids is 1. The van der Waals surface area contributed by atoms with E-state index >= 15 is 0 Å². The van der Waals surface area contributed by atoms with E-state index in [1.54, 1.807) is 0 Å². The van der Waals surface area contributed by atoms with Crippen LogP contribution in [-0.4, -0.2) is 11.1 Å². The second kappa shape index (κ2) is 8.42. The Hall–Kier alpha value is -3.59. The molecule has 3 aromatic carbocycles. The number of para-hydroxylation sites is 1. The molecule has 0 spiro atoms. The van der Waals surface area contributed by atoms with Crippen molar-refractivity contribution in [3.8, 4) is 5.75 Å². The average Bonchev–Trinajstić information content (AvgIpc) is 2.99. The van der Waals surface area contributed by atoms with E-state index in [1.807, 2.05) is 44.2 Å². The van der Waals surface area contributed by atoms with Gasteiger partial charge in [0, 0.05) is 0 Å². The molecule has 0 heterocycles. The number of fused-ring (bicyclic) bond motifs is 1. The molecule has 3 aromatic rings. The number of allylic oxidation sites excluding steroid dienone is 2. The zero-order valence-electron chi connectivity index (χ0n) is 17.2. The van der Waals surface area contributed by atoms with Crippen molar-refractivity contribution in [2.75, 3.05) is 0 Å². The third-order valence-corrected chi connectivity index (χ3v) is 5.41. The van der Waals surface area contributed by atoms with Crippen molar-refractivity contribution in [3.05, 3.63) is 106 Å². The summed E-state index contributed by atoms with van der Waals surface area (Å²) < 4.78 is 5.81. The molecule has 4 rings (SSSR count). The topological polar surface area (TPSA) is 46.5 Å². The van der Waals surface area contributed by atoms with Gasteiger partial charge in [-0.3, -0.25) is 4.79 Å². The Kier molecular flexibility index (Phi) is 5.53. The third-order valence-electron chi connectivity index (χ3n) is 5.41. The predicted molar refractivity (Wildman–Crippen MR) is 121 cm³/mol. The molecule has 0 bridgehead atoms. The molecule has 3 nitrogen and oxygen atoms in total. The Morgan fingerprint density at radius 1 is 0.933 bits per heavy atom. The number of aryl methyl sites for hydroxylation is 1. The van der Waals surface area contributed by atoms with E-state index in [4.69, 9.17) is 4.74 Å². The van der Waals surface area contributed by atoms with Crippen molar-refractivity contribution in [3.63, 3.8) is 0 Å². The molecule has 3 heteroatoms. The molecule has 1 aliphatic rings. The maximum atomic E-state index is 11.4. The monoisotopic (exact) mass is 396 g/mol. The number of aliphatic carboxylic acids is 1. The minimum absolute atomic E-state index is 0.0371. The average molecular weight is 396 g/mol. The molecule has 1 N–H and O–H groups in total. The van der Waals surface area contributed by atoms with E-state index in [0.717, 1.165) is 50.3 Å². The molecular weight excluding hydrogens is 372 g/mol. The van der Waals surface area contributed by atoms with Gasteiger partial charge in [-0.1, -0.05) is 66.2 Å². The highest BCUT2D eigenvalue weighted by atomic mass is 16.5. The Morgan fingerprint density at radius 2 is 1.67 bits per heavy atom. The van der Waals surface area contributed by atoms with Gasteiger partial charge in [-0.2, -0.15) is 0 Å². The zero-order valence-corrected chi connectivity index (χ0v) is 17.2. The molecule has 0 saturated carbocycles. The van der Waals surface area contributed by atoms with Gasteiger partial charge >= 0.3 is 5.97 Å². The standard InChI is InChI=1S/C27H24O3/c1-18-8-13-23-24(19(2)25(16-27(28)29)26(23)14-18)15-20-9-11-21(12-10-20)17-30-22-6-4-3-5-7-22/h3-15H,16-17H2,1-2H3,(H,28,29)/b24-15-. The van der Waals surface area contributed by atoms with Crippen molar-refractivity contribution < 1.29 is 14.6 Å². The normalized spacial score (nSPS) is 14.1. The van der Waals surface area contributed by atoms with E-state index in [0.29, 0.717) is 6.61 Å². The molecule has 0 saturated heterocycles. The van der Waals surface area contributed by atoms with Crippen LogP contribution in [0.1, 0.15) is 41.2 Å². The highest BCUT2D eigenvalue weighted by molar-refractivity contribution is 6.07. The van der Waals surface area contributed by atoms with Crippen LogP contribution in [0.2, 0.25) is 0 Å². The van der Waals surface area contributed by atoms with Gasteiger partial charge in [0.05, 0.1) is 6.42 Å². The summed E-state index contributed by atoms with van der Waals surface area (Å²) in [5, 5.41) is 9.36. The van der Waals surface area contributed by atoms with E-state index in [9.17, 15) is 9.90 Å². The predicted octanol–water partition coefficient (Wildman–Crippen LogP) is 6.38. The molecule has 0 fully saturated rings. The summed E-state index contributed by atoms with van der Waals surface area (Å²) in [6.45, 7) is 4.57. The first-order chi connectivity index (χ1) is 14.5. The zero-order chi connectivity index (χ0) is 21.1. The Bertz CT molecular complexity index is 1140. The van der Waals surface area contributed by atoms with Gasteiger partial charge in [-0.05, 0) is 71.0 Å². The lowest BCUT2D eigenvalue weighted by Gasteiger charge is -2.07. The minimum atomic E-state index is -0.805. The van der Waals surface area contributed by atoms with Crippen LogP contribution in [0.25, 0.3) is 17.2 Å². The molecule has 1 aliphatic carbocycles. The molecule has 0 unspecified atom stereocenters. The fourth-order valence-corrected chi connectivity index (χ4v) is 3.83. The van der Waals surface area contributed by atoms with Gasteiger partial charge in [0.15, 0.2) is 0 Å². The number of ether oxygens (including phenoxy) is 1. The van der Waals surface area contributed by atoms with Crippen LogP contribution >= 0.6 is 0 Å². The van der Waals surface area contributed by atoms with Crippen molar-refractivity contribution in [1.82, 2.24) is 0 Å². The number of carboxylic acid groups (broad SMARTS) is 1. The van der Waals surface area contributed by atoms with Gasteiger partial charge in [0.2, 0.25) is 0 Å². The lowest BCUT2D eigenvalue weighted by atomic mass is 9.99. The maximum absolute atomic E-state index is 11.4. The Morgan fingerprint density at radius 3 is 2.37 bits per heavy atom. The molecule has 0 aliphatic heterocycles. The molecule has 0 radical (unpaired) electrons. The van der Waals surface area contributed by atoms with Crippen molar-refractivity contribution in [2.45, 2.75) is 26.9 Å². The first kappa shape index (κ1) is 19.7. The molecule has 0 aromatic heterocycles. The highest BCUT2D eigenvalue weighted by Crippen LogP contribution is 2.43. The first-order valence-corrected chi connectivity index (χ1v) is 10.0. The number of benzene rings is 3. The third kappa shape index (κ3) is 4.20. The van der Waals surface area contributed by atoms with Gasteiger partial charge in [0.1, 0.15) is 12.4 Å². The SMILES string of the molecule is CC1=C(CC(=O)O)c2cc(C)ccc2/C1=C\c1ccc(COc2ccccc2)cc1. The Balaban J connectivity index is 1.59. The Labute approximate surface area is 177 Å². The summed E-state index contributed by atoms with van der Waals surface area (Å²) in [6, 6.07) is 24.3. The molecule has 0 amide bonds. The summed E-state index contributed by atoms with van der Waals surface area (Å²) >= 11 is 0. The van der Waals surface area contributed by atoms with Crippen LogP contribution in [0.5, 0.6) is 5.75 Å². The van der Waals surface area contributed by atoms with Gasteiger partial charge < -0.3 is 9.84 Å². The number of hydrogen-bond acceptors (Lipinski definition) is 2. The van der Waals surface area contributed by atoms with Crippen LogP contribution in [-0.2, 0) is 11.4 Å².